The summed E-state index contributed by atoms with van der Waals surface area (Å²) in [4.78, 5) is 38.4. The molecule has 0 N–H and O–H groups in total. The SMILES string of the molecule is CC(C)(C)c1cc(CCC(=O)Oc2ccccc2)ccc1OP(Oc1ccc(CCC(=O)Oc2ccccc2)cc1C(C)(C)C)Oc1ccc(CCC(=O)Oc2ccccc2)cc1C(C)(C)C. The Labute approximate surface area is 397 Å². The molecule has 10 heteroatoms. The van der Waals surface area contributed by atoms with E-state index in [9.17, 15) is 14.4 Å². The maximum atomic E-state index is 12.8. The molecule has 0 unspecified atom stereocenters. The van der Waals surface area contributed by atoms with Crippen LogP contribution in [-0.4, -0.2) is 17.9 Å². The summed E-state index contributed by atoms with van der Waals surface area (Å²) in [5, 5.41) is 0. The quantitative estimate of drug-likeness (QED) is 0.0473. The number of hydrogen-bond donors (Lipinski definition) is 0. The Morgan fingerprint density at radius 1 is 0.373 bits per heavy atom. The number of carbonyl (C=O) groups excluding carboxylic acids is 3. The molecule has 0 saturated carbocycles. The van der Waals surface area contributed by atoms with Gasteiger partial charge in [0.2, 0.25) is 0 Å². The van der Waals surface area contributed by atoms with Gasteiger partial charge in [0, 0.05) is 36.0 Å². The minimum atomic E-state index is -2.17. The van der Waals surface area contributed by atoms with E-state index in [1.165, 1.54) is 0 Å². The van der Waals surface area contributed by atoms with E-state index in [4.69, 9.17) is 27.8 Å². The molecular formula is C57H63O9P. The molecule has 0 atom stereocenters. The van der Waals surface area contributed by atoms with E-state index in [1.807, 2.05) is 91.0 Å². The molecule has 0 amide bonds. The summed E-state index contributed by atoms with van der Waals surface area (Å²) in [5.74, 6) is 2.38. The van der Waals surface area contributed by atoms with Crippen molar-refractivity contribution in [2.24, 2.45) is 0 Å². The highest BCUT2D eigenvalue weighted by Gasteiger charge is 2.31. The van der Waals surface area contributed by atoms with E-state index in [0.29, 0.717) is 53.8 Å². The van der Waals surface area contributed by atoms with Crippen LogP contribution in [0.1, 0.15) is 115 Å². The topological polar surface area (TPSA) is 107 Å². The Hall–Kier alpha value is -6.44. The predicted molar refractivity (Wildman–Crippen MR) is 265 cm³/mol. The van der Waals surface area contributed by atoms with E-state index in [1.54, 1.807) is 36.4 Å². The van der Waals surface area contributed by atoms with Crippen LogP contribution in [0.2, 0.25) is 0 Å². The van der Waals surface area contributed by atoms with E-state index in [0.717, 1.165) is 33.4 Å². The first-order valence-electron chi connectivity index (χ1n) is 22.8. The van der Waals surface area contributed by atoms with Crippen molar-refractivity contribution in [3.05, 3.63) is 179 Å². The van der Waals surface area contributed by atoms with Crippen molar-refractivity contribution in [3.63, 3.8) is 0 Å². The van der Waals surface area contributed by atoms with Gasteiger partial charge in [0.05, 0.1) is 0 Å². The summed E-state index contributed by atoms with van der Waals surface area (Å²) < 4.78 is 37.4. The second-order valence-corrected chi connectivity index (χ2v) is 20.6. The van der Waals surface area contributed by atoms with Gasteiger partial charge in [-0.25, -0.2) is 0 Å². The largest absolute Gasteiger partial charge is 0.530 e. The highest BCUT2D eigenvalue weighted by atomic mass is 31.2. The van der Waals surface area contributed by atoms with Gasteiger partial charge in [0.1, 0.15) is 34.5 Å². The highest BCUT2D eigenvalue weighted by Crippen LogP contribution is 2.49. The molecule has 0 spiro atoms. The summed E-state index contributed by atoms with van der Waals surface area (Å²) in [6.07, 6.45) is 2.06. The van der Waals surface area contributed by atoms with Crippen LogP contribution >= 0.6 is 8.60 Å². The Kier molecular flexibility index (Phi) is 16.7. The third kappa shape index (κ3) is 15.3. The van der Waals surface area contributed by atoms with Crippen LogP contribution in [0.25, 0.3) is 0 Å². The molecule has 0 bridgehead atoms. The lowest BCUT2D eigenvalue weighted by Crippen LogP contribution is -2.18. The zero-order valence-corrected chi connectivity index (χ0v) is 41.1. The fourth-order valence-electron chi connectivity index (χ4n) is 7.24. The van der Waals surface area contributed by atoms with Gasteiger partial charge in [-0.3, -0.25) is 14.4 Å². The summed E-state index contributed by atoms with van der Waals surface area (Å²) in [6.45, 7) is 19.0. The normalized spacial score (nSPS) is 11.7. The van der Waals surface area contributed by atoms with Gasteiger partial charge < -0.3 is 27.8 Å². The lowest BCUT2D eigenvalue weighted by atomic mass is 9.85. The Morgan fingerprint density at radius 3 is 0.866 bits per heavy atom. The molecule has 0 saturated heterocycles. The number of aryl methyl sites for hydroxylation is 3. The lowest BCUT2D eigenvalue weighted by molar-refractivity contribution is -0.135. The van der Waals surface area contributed by atoms with Crippen molar-refractivity contribution < 1.29 is 42.2 Å². The predicted octanol–water partition coefficient (Wildman–Crippen LogP) is 14.0. The molecule has 0 heterocycles. The van der Waals surface area contributed by atoms with Crippen molar-refractivity contribution >= 4 is 26.5 Å². The van der Waals surface area contributed by atoms with Crippen molar-refractivity contribution in [1.29, 1.82) is 0 Å². The summed E-state index contributed by atoms with van der Waals surface area (Å²) in [5.41, 5.74) is 4.56. The first-order valence-corrected chi connectivity index (χ1v) is 23.9. The molecule has 0 aliphatic carbocycles. The first kappa shape index (κ1) is 50.0. The number of hydrogen-bond acceptors (Lipinski definition) is 9. The number of esters is 3. The molecule has 9 nitrogen and oxygen atoms in total. The number of rotatable bonds is 18. The first-order chi connectivity index (χ1) is 31.8. The van der Waals surface area contributed by atoms with Gasteiger partial charge in [-0.2, -0.15) is 0 Å². The zero-order valence-electron chi connectivity index (χ0n) is 40.2. The average molecular weight is 923 g/mol. The smallest absolute Gasteiger partial charge is 0.427 e. The minimum absolute atomic E-state index is 0.206. The zero-order chi connectivity index (χ0) is 48.2. The molecular weight excluding hydrogens is 860 g/mol. The van der Waals surface area contributed by atoms with E-state index in [-0.39, 0.29) is 53.4 Å². The average Bonchev–Trinajstić information content (AvgIpc) is 3.28. The third-order valence-electron chi connectivity index (χ3n) is 10.9. The number of para-hydroxylation sites is 3. The molecule has 0 radical (unpaired) electrons. The summed E-state index contributed by atoms with van der Waals surface area (Å²) in [6, 6.07) is 45.1. The van der Waals surface area contributed by atoms with Gasteiger partial charge in [-0.1, -0.05) is 153 Å². The lowest BCUT2D eigenvalue weighted by Gasteiger charge is -2.29. The van der Waals surface area contributed by atoms with Gasteiger partial charge in [0.25, 0.3) is 0 Å². The van der Waals surface area contributed by atoms with Crippen molar-refractivity contribution in [1.82, 2.24) is 0 Å². The molecule has 6 aromatic carbocycles. The monoisotopic (exact) mass is 922 g/mol. The molecule has 67 heavy (non-hydrogen) atoms. The third-order valence-corrected chi connectivity index (χ3v) is 11.9. The molecule has 0 aliphatic rings. The minimum Gasteiger partial charge on any atom is -0.427 e. The van der Waals surface area contributed by atoms with Crippen LogP contribution in [0.3, 0.4) is 0 Å². The highest BCUT2D eigenvalue weighted by molar-refractivity contribution is 7.43. The Morgan fingerprint density at radius 2 is 0.627 bits per heavy atom. The van der Waals surface area contributed by atoms with Crippen LogP contribution in [0.15, 0.2) is 146 Å². The standard InChI is InChI=1S/C57H63O9P/c1-55(2,3)46-37-40(28-34-52(58)61-43-19-13-10-14-20-43)25-31-49(46)64-67(65-50-32-26-41(38-47(50)56(4,5)6)29-35-53(59)62-44-21-15-11-16-22-44)66-51-33-27-42(39-48(51)57(7,8)9)30-36-54(60)63-45-23-17-12-18-24-45/h10-27,31-33,37-39H,28-30,34-36H2,1-9H3. The Balaban J connectivity index is 1.29. The van der Waals surface area contributed by atoms with E-state index in [2.05, 4.69) is 80.5 Å². The molecule has 6 rings (SSSR count). The van der Waals surface area contributed by atoms with E-state index >= 15 is 0 Å². The van der Waals surface area contributed by atoms with Crippen LogP contribution in [0.5, 0.6) is 34.5 Å². The molecule has 0 aromatic heterocycles. The van der Waals surface area contributed by atoms with Gasteiger partial charge in [0.15, 0.2) is 0 Å². The fraction of sp³-hybridized carbons (Fsp3) is 0.316. The van der Waals surface area contributed by atoms with Crippen LogP contribution in [0, 0.1) is 0 Å². The maximum absolute atomic E-state index is 12.8. The van der Waals surface area contributed by atoms with Crippen molar-refractivity contribution in [2.45, 2.75) is 117 Å². The number of benzene rings is 6. The summed E-state index contributed by atoms with van der Waals surface area (Å²) >= 11 is 0. The molecule has 6 aromatic rings. The van der Waals surface area contributed by atoms with E-state index < -0.39 is 8.60 Å². The number of carbonyl (C=O) groups is 3. The van der Waals surface area contributed by atoms with Crippen LogP contribution in [-0.2, 0) is 49.9 Å². The van der Waals surface area contributed by atoms with Crippen LogP contribution in [0.4, 0.5) is 0 Å². The second kappa shape index (κ2) is 22.4. The van der Waals surface area contributed by atoms with Gasteiger partial charge in [-0.05, 0) is 107 Å². The van der Waals surface area contributed by atoms with Crippen molar-refractivity contribution in [2.75, 3.05) is 0 Å². The second-order valence-electron chi connectivity index (χ2n) is 19.6. The van der Waals surface area contributed by atoms with Gasteiger partial charge in [-0.15, -0.1) is 0 Å². The number of ether oxygens (including phenoxy) is 3. The maximum Gasteiger partial charge on any atom is 0.530 e. The van der Waals surface area contributed by atoms with Crippen molar-refractivity contribution in [3.8, 4) is 34.5 Å². The molecule has 350 valence electrons. The fourth-order valence-corrected chi connectivity index (χ4v) is 8.32. The summed E-state index contributed by atoms with van der Waals surface area (Å²) in [7, 11) is -2.17. The van der Waals surface area contributed by atoms with Crippen LogP contribution < -0.4 is 27.8 Å². The molecule has 0 fully saturated rings. The molecule has 0 aliphatic heterocycles. The Bertz CT molecular complexity index is 2300. The van der Waals surface area contributed by atoms with Gasteiger partial charge >= 0.3 is 26.5 Å².